The predicted molar refractivity (Wildman–Crippen MR) is 83.8 cm³/mol. The Kier molecular flexibility index (Phi) is 5.75. The first-order valence-electron chi connectivity index (χ1n) is 7.84. The van der Waals surface area contributed by atoms with Crippen LogP contribution in [0, 0.1) is 6.92 Å². The van der Waals surface area contributed by atoms with Gasteiger partial charge in [-0.25, -0.2) is 0 Å². The van der Waals surface area contributed by atoms with Crippen LogP contribution in [0.15, 0.2) is 16.9 Å². The summed E-state index contributed by atoms with van der Waals surface area (Å²) in [7, 11) is 0. The minimum atomic E-state index is -0.375. The van der Waals surface area contributed by atoms with Crippen LogP contribution in [0.4, 0.5) is 0 Å². The smallest absolute Gasteiger partial charge is 0.260 e. The van der Waals surface area contributed by atoms with E-state index in [9.17, 15) is 14.4 Å². The zero-order chi connectivity index (χ0) is 15.9. The molecule has 0 radical (unpaired) electrons. The second-order valence-corrected chi connectivity index (χ2v) is 5.69. The molecular formula is C16H23N3O3. The first kappa shape index (κ1) is 16.3. The third kappa shape index (κ3) is 4.44. The topological polar surface area (TPSA) is 82.3 Å². The van der Waals surface area contributed by atoms with E-state index >= 15 is 0 Å². The molecule has 120 valence electrons. The van der Waals surface area contributed by atoms with Crippen LogP contribution >= 0.6 is 0 Å². The van der Waals surface area contributed by atoms with Gasteiger partial charge in [-0.15, -0.1) is 0 Å². The quantitative estimate of drug-likeness (QED) is 0.802. The molecule has 0 spiro atoms. The summed E-state index contributed by atoms with van der Waals surface area (Å²) < 4.78 is 0. The molecule has 0 aliphatic carbocycles. The van der Waals surface area contributed by atoms with Crippen LogP contribution in [-0.2, 0) is 4.79 Å². The van der Waals surface area contributed by atoms with Crippen molar-refractivity contribution < 1.29 is 9.59 Å². The van der Waals surface area contributed by atoms with Crippen molar-refractivity contribution in [3.63, 3.8) is 0 Å². The number of nitrogens with zero attached hydrogens (tertiary/aromatic N) is 1. The molecule has 22 heavy (non-hydrogen) atoms. The fourth-order valence-electron chi connectivity index (χ4n) is 2.59. The molecule has 2 amide bonds. The van der Waals surface area contributed by atoms with Gasteiger partial charge in [0.2, 0.25) is 5.91 Å². The predicted octanol–water partition coefficient (Wildman–Crippen LogP) is 1.21. The minimum Gasteiger partial charge on any atom is -0.352 e. The summed E-state index contributed by atoms with van der Waals surface area (Å²) in [6.45, 7) is 3.69. The number of pyridine rings is 1. The number of aromatic amines is 1. The molecule has 2 rings (SSSR count). The highest BCUT2D eigenvalue weighted by Gasteiger charge is 2.16. The van der Waals surface area contributed by atoms with Crippen LogP contribution in [0.3, 0.4) is 0 Å². The molecule has 1 aromatic heterocycles. The Morgan fingerprint density at radius 2 is 2.09 bits per heavy atom. The highest BCUT2D eigenvalue weighted by atomic mass is 16.2. The standard InChI is InChI=1S/C16H23N3O3/c1-12-7-8-13(16(22)18-12)15(21)17-9-5-11-19-10-4-2-3-6-14(19)20/h7-8H,2-6,9-11H2,1H3,(H,17,21)(H,18,22). The molecule has 1 saturated heterocycles. The lowest BCUT2D eigenvalue weighted by molar-refractivity contribution is -0.130. The first-order valence-corrected chi connectivity index (χ1v) is 7.84. The van der Waals surface area contributed by atoms with Gasteiger partial charge >= 0.3 is 0 Å². The average Bonchev–Trinajstić information content (AvgIpc) is 2.68. The Morgan fingerprint density at radius 1 is 1.27 bits per heavy atom. The number of H-pyrrole nitrogens is 1. The lowest BCUT2D eigenvalue weighted by atomic mass is 10.2. The van der Waals surface area contributed by atoms with E-state index in [1.807, 2.05) is 4.90 Å². The van der Waals surface area contributed by atoms with Gasteiger partial charge in [0.1, 0.15) is 5.56 Å². The number of aromatic nitrogens is 1. The van der Waals surface area contributed by atoms with E-state index in [0.717, 1.165) is 31.5 Å². The molecule has 2 heterocycles. The molecule has 0 bridgehead atoms. The van der Waals surface area contributed by atoms with Gasteiger partial charge in [0, 0.05) is 31.7 Å². The molecule has 1 aromatic rings. The molecule has 0 saturated carbocycles. The van der Waals surface area contributed by atoms with E-state index in [4.69, 9.17) is 0 Å². The van der Waals surface area contributed by atoms with Gasteiger partial charge in [0.05, 0.1) is 0 Å². The largest absolute Gasteiger partial charge is 0.352 e. The highest BCUT2D eigenvalue weighted by Crippen LogP contribution is 2.11. The molecule has 1 fully saturated rings. The van der Waals surface area contributed by atoms with Gasteiger partial charge in [-0.1, -0.05) is 6.42 Å². The van der Waals surface area contributed by atoms with Crippen LogP contribution in [0.25, 0.3) is 0 Å². The number of amides is 2. The highest BCUT2D eigenvalue weighted by molar-refractivity contribution is 5.93. The van der Waals surface area contributed by atoms with Crippen molar-refractivity contribution in [2.75, 3.05) is 19.6 Å². The summed E-state index contributed by atoms with van der Waals surface area (Å²) in [6, 6.07) is 3.23. The maximum atomic E-state index is 11.9. The fourth-order valence-corrected chi connectivity index (χ4v) is 2.59. The Hall–Kier alpha value is -2.11. The summed E-state index contributed by atoms with van der Waals surface area (Å²) in [5, 5.41) is 2.73. The summed E-state index contributed by atoms with van der Waals surface area (Å²) >= 11 is 0. The van der Waals surface area contributed by atoms with Gasteiger partial charge in [-0.05, 0) is 38.3 Å². The Labute approximate surface area is 129 Å². The minimum absolute atomic E-state index is 0.122. The van der Waals surface area contributed by atoms with Crippen molar-refractivity contribution in [3.8, 4) is 0 Å². The van der Waals surface area contributed by atoms with E-state index < -0.39 is 0 Å². The molecule has 1 aliphatic rings. The summed E-state index contributed by atoms with van der Waals surface area (Å²) in [5.41, 5.74) is 0.470. The second-order valence-electron chi connectivity index (χ2n) is 5.69. The molecule has 0 aromatic carbocycles. The Balaban J connectivity index is 1.77. The number of carbonyl (C=O) groups excluding carboxylic acids is 2. The first-order chi connectivity index (χ1) is 10.6. The third-order valence-electron chi connectivity index (χ3n) is 3.86. The number of hydrogen-bond donors (Lipinski definition) is 2. The lowest BCUT2D eigenvalue weighted by Gasteiger charge is -2.20. The number of likely N-dealkylation sites (tertiary alicyclic amines) is 1. The van der Waals surface area contributed by atoms with Crippen molar-refractivity contribution in [3.05, 3.63) is 33.7 Å². The molecule has 0 atom stereocenters. The average molecular weight is 305 g/mol. The van der Waals surface area contributed by atoms with Crippen LogP contribution < -0.4 is 10.9 Å². The molecule has 0 unspecified atom stereocenters. The number of nitrogens with one attached hydrogen (secondary N) is 2. The molecule has 1 aliphatic heterocycles. The van der Waals surface area contributed by atoms with Crippen LogP contribution in [0.5, 0.6) is 0 Å². The Bertz CT molecular complexity index is 595. The number of aryl methyl sites for hydroxylation is 1. The summed E-state index contributed by atoms with van der Waals surface area (Å²) in [4.78, 5) is 39.9. The van der Waals surface area contributed by atoms with Crippen molar-refractivity contribution in [1.29, 1.82) is 0 Å². The molecule has 6 nitrogen and oxygen atoms in total. The molecular weight excluding hydrogens is 282 g/mol. The normalized spacial score (nSPS) is 15.5. The summed E-state index contributed by atoms with van der Waals surface area (Å²) in [5.74, 6) is -0.165. The van der Waals surface area contributed by atoms with Gasteiger partial charge in [-0.2, -0.15) is 0 Å². The van der Waals surface area contributed by atoms with Crippen LogP contribution in [-0.4, -0.2) is 41.3 Å². The van der Waals surface area contributed by atoms with Crippen LogP contribution in [0.1, 0.15) is 48.2 Å². The lowest BCUT2D eigenvalue weighted by Crippen LogP contribution is -2.35. The van der Waals surface area contributed by atoms with E-state index in [-0.39, 0.29) is 22.9 Å². The van der Waals surface area contributed by atoms with E-state index in [1.165, 1.54) is 6.07 Å². The SMILES string of the molecule is Cc1ccc(C(=O)NCCCN2CCCCCC2=O)c(=O)[nH]1. The molecule has 6 heteroatoms. The van der Waals surface area contributed by atoms with E-state index in [2.05, 4.69) is 10.3 Å². The maximum absolute atomic E-state index is 11.9. The number of rotatable bonds is 5. The van der Waals surface area contributed by atoms with Gasteiger partial charge in [0.25, 0.3) is 11.5 Å². The zero-order valence-electron chi connectivity index (χ0n) is 13.0. The van der Waals surface area contributed by atoms with E-state index in [0.29, 0.717) is 25.9 Å². The monoisotopic (exact) mass is 305 g/mol. The Morgan fingerprint density at radius 3 is 2.86 bits per heavy atom. The van der Waals surface area contributed by atoms with Gasteiger partial charge in [-0.3, -0.25) is 14.4 Å². The summed E-state index contributed by atoms with van der Waals surface area (Å²) in [6.07, 6.45) is 4.46. The third-order valence-corrected chi connectivity index (χ3v) is 3.86. The van der Waals surface area contributed by atoms with Crippen molar-refractivity contribution in [2.24, 2.45) is 0 Å². The van der Waals surface area contributed by atoms with Crippen LogP contribution in [0.2, 0.25) is 0 Å². The van der Waals surface area contributed by atoms with Gasteiger partial charge < -0.3 is 15.2 Å². The zero-order valence-corrected chi connectivity index (χ0v) is 13.0. The number of hydrogen-bond acceptors (Lipinski definition) is 3. The van der Waals surface area contributed by atoms with Crippen molar-refractivity contribution in [1.82, 2.24) is 15.2 Å². The number of carbonyl (C=O) groups is 2. The van der Waals surface area contributed by atoms with Crippen molar-refractivity contribution in [2.45, 2.75) is 39.0 Å². The maximum Gasteiger partial charge on any atom is 0.260 e. The van der Waals surface area contributed by atoms with E-state index in [1.54, 1.807) is 13.0 Å². The van der Waals surface area contributed by atoms with Crippen molar-refractivity contribution >= 4 is 11.8 Å². The second kappa shape index (κ2) is 7.77. The fraction of sp³-hybridized carbons (Fsp3) is 0.562. The van der Waals surface area contributed by atoms with Gasteiger partial charge in [0.15, 0.2) is 0 Å². The molecule has 2 N–H and O–H groups in total.